The van der Waals surface area contributed by atoms with Crippen LogP contribution in [0.2, 0.25) is 0 Å². The molecule has 0 aromatic carbocycles. The number of likely N-dealkylation sites (N-methyl/N-ethyl adjacent to an activating group) is 1. The van der Waals surface area contributed by atoms with Gasteiger partial charge < -0.3 is 5.11 Å². The van der Waals surface area contributed by atoms with Crippen molar-refractivity contribution in [3.8, 4) is 0 Å². The highest BCUT2D eigenvalue weighted by atomic mass is 16.4. The van der Waals surface area contributed by atoms with E-state index in [9.17, 15) is 4.79 Å². The summed E-state index contributed by atoms with van der Waals surface area (Å²) in [6.45, 7) is 9.76. The van der Waals surface area contributed by atoms with Crippen LogP contribution >= 0.6 is 0 Å². The van der Waals surface area contributed by atoms with Crippen molar-refractivity contribution in [2.45, 2.75) is 26.3 Å². The normalized spacial score (nSPS) is 25.1. The molecular formula is C11H22N2O2. The fourth-order valence-corrected chi connectivity index (χ4v) is 1.96. The lowest BCUT2D eigenvalue weighted by Gasteiger charge is -2.45. The molecule has 1 rings (SSSR count). The molecule has 1 saturated heterocycles. The number of rotatable bonds is 3. The molecule has 1 aliphatic rings. The molecule has 0 bridgehead atoms. The summed E-state index contributed by atoms with van der Waals surface area (Å²) in [6, 6.07) is 0. The van der Waals surface area contributed by atoms with Crippen LogP contribution in [0.1, 0.15) is 20.8 Å². The maximum atomic E-state index is 10.8. The van der Waals surface area contributed by atoms with Crippen LogP contribution in [0.5, 0.6) is 0 Å². The molecule has 4 heteroatoms. The molecule has 15 heavy (non-hydrogen) atoms. The molecule has 1 unspecified atom stereocenters. The number of hydrogen-bond acceptors (Lipinski definition) is 3. The van der Waals surface area contributed by atoms with E-state index in [4.69, 9.17) is 5.11 Å². The quantitative estimate of drug-likeness (QED) is 0.752. The number of carboxylic acids is 1. The first-order valence-electron chi connectivity index (χ1n) is 5.49. The first-order valence-corrected chi connectivity index (χ1v) is 5.49. The summed E-state index contributed by atoms with van der Waals surface area (Å²) in [5, 5.41) is 8.86. The van der Waals surface area contributed by atoms with Crippen molar-refractivity contribution in [3.63, 3.8) is 0 Å². The zero-order valence-electron chi connectivity index (χ0n) is 10.2. The molecule has 88 valence electrons. The molecule has 1 N–H and O–H groups in total. The largest absolute Gasteiger partial charge is 0.481 e. The van der Waals surface area contributed by atoms with Gasteiger partial charge in [-0.05, 0) is 20.9 Å². The average molecular weight is 214 g/mol. The first-order chi connectivity index (χ1) is 6.83. The number of aliphatic carboxylic acids is 1. The van der Waals surface area contributed by atoms with E-state index in [1.807, 2.05) is 0 Å². The molecular weight excluding hydrogens is 192 g/mol. The van der Waals surface area contributed by atoms with E-state index in [2.05, 4.69) is 30.7 Å². The predicted molar refractivity (Wildman–Crippen MR) is 59.9 cm³/mol. The monoisotopic (exact) mass is 214 g/mol. The molecule has 0 aromatic heterocycles. The van der Waals surface area contributed by atoms with E-state index in [0.29, 0.717) is 6.54 Å². The Hall–Kier alpha value is -0.610. The van der Waals surface area contributed by atoms with Gasteiger partial charge in [-0.15, -0.1) is 0 Å². The molecule has 0 aliphatic carbocycles. The van der Waals surface area contributed by atoms with E-state index in [-0.39, 0.29) is 11.5 Å². The highest BCUT2D eigenvalue weighted by Crippen LogP contribution is 2.19. The maximum absolute atomic E-state index is 10.8. The Morgan fingerprint density at radius 2 is 2.07 bits per heavy atom. The van der Waals surface area contributed by atoms with E-state index in [0.717, 1.165) is 19.6 Å². The van der Waals surface area contributed by atoms with Crippen molar-refractivity contribution in [2.24, 2.45) is 5.92 Å². The topological polar surface area (TPSA) is 43.8 Å². The summed E-state index contributed by atoms with van der Waals surface area (Å²) in [6.07, 6.45) is 0. The molecule has 0 amide bonds. The molecule has 4 nitrogen and oxygen atoms in total. The summed E-state index contributed by atoms with van der Waals surface area (Å²) < 4.78 is 0. The maximum Gasteiger partial charge on any atom is 0.307 e. The van der Waals surface area contributed by atoms with E-state index in [1.54, 1.807) is 6.92 Å². The molecule has 0 aromatic rings. The standard InChI is InChI=1S/C11H22N2O2/c1-9(10(14)15)7-13-6-5-12(4)11(2,3)8-13/h9H,5-8H2,1-4H3,(H,14,15). The second-order valence-corrected chi connectivity index (χ2v) is 5.21. The Balaban J connectivity index is 2.49. The number of carbonyl (C=O) groups is 1. The Morgan fingerprint density at radius 1 is 1.47 bits per heavy atom. The minimum absolute atomic E-state index is 0.149. The summed E-state index contributed by atoms with van der Waals surface area (Å²) in [7, 11) is 2.12. The lowest BCUT2D eigenvalue weighted by atomic mass is 9.99. The van der Waals surface area contributed by atoms with E-state index < -0.39 is 5.97 Å². The minimum atomic E-state index is -0.702. The van der Waals surface area contributed by atoms with E-state index >= 15 is 0 Å². The second kappa shape index (κ2) is 4.49. The second-order valence-electron chi connectivity index (χ2n) is 5.21. The van der Waals surface area contributed by atoms with Crippen molar-refractivity contribution >= 4 is 5.97 Å². The SMILES string of the molecule is CC(CN1CCN(C)C(C)(C)C1)C(=O)O. The zero-order valence-corrected chi connectivity index (χ0v) is 10.2. The third kappa shape index (κ3) is 3.18. The van der Waals surface area contributed by atoms with Crippen LogP contribution in [0.25, 0.3) is 0 Å². The Morgan fingerprint density at radius 3 is 2.53 bits per heavy atom. The van der Waals surface area contributed by atoms with Gasteiger partial charge in [-0.2, -0.15) is 0 Å². The zero-order chi connectivity index (χ0) is 11.6. The lowest BCUT2D eigenvalue weighted by Crippen LogP contribution is -2.58. The van der Waals surface area contributed by atoms with Gasteiger partial charge in [0.05, 0.1) is 5.92 Å². The average Bonchev–Trinajstić information content (AvgIpc) is 2.10. The van der Waals surface area contributed by atoms with Crippen molar-refractivity contribution in [1.29, 1.82) is 0 Å². The third-order valence-electron chi connectivity index (χ3n) is 3.35. The van der Waals surface area contributed by atoms with Gasteiger partial charge in [0.1, 0.15) is 0 Å². The molecule has 0 spiro atoms. The van der Waals surface area contributed by atoms with Crippen LogP contribution in [0, 0.1) is 5.92 Å². The van der Waals surface area contributed by atoms with Gasteiger partial charge in [0.25, 0.3) is 0 Å². The number of piperazine rings is 1. The molecule has 0 saturated carbocycles. The highest BCUT2D eigenvalue weighted by Gasteiger charge is 2.31. The molecule has 1 heterocycles. The minimum Gasteiger partial charge on any atom is -0.481 e. The van der Waals surface area contributed by atoms with Crippen LogP contribution in [-0.2, 0) is 4.79 Å². The van der Waals surface area contributed by atoms with Gasteiger partial charge in [0.15, 0.2) is 0 Å². The Kier molecular flexibility index (Phi) is 3.73. The summed E-state index contributed by atoms with van der Waals surface area (Å²) >= 11 is 0. The fraction of sp³-hybridized carbons (Fsp3) is 0.909. The predicted octanol–water partition coefficient (Wildman–Crippen LogP) is 0.733. The Labute approximate surface area is 91.9 Å². The summed E-state index contributed by atoms with van der Waals surface area (Å²) in [5.74, 6) is -0.976. The van der Waals surface area contributed by atoms with Gasteiger partial charge in [-0.3, -0.25) is 14.6 Å². The first kappa shape index (κ1) is 12.5. The van der Waals surface area contributed by atoms with Crippen LogP contribution < -0.4 is 0 Å². The molecule has 1 aliphatic heterocycles. The third-order valence-corrected chi connectivity index (χ3v) is 3.35. The summed E-state index contributed by atoms with van der Waals surface area (Å²) in [5.41, 5.74) is 0.149. The van der Waals surface area contributed by atoms with Crippen LogP contribution in [0.3, 0.4) is 0 Å². The van der Waals surface area contributed by atoms with Crippen LogP contribution in [0.15, 0.2) is 0 Å². The van der Waals surface area contributed by atoms with Gasteiger partial charge in [0.2, 0.25) is 0 Å². The van der Waals surface area contributed by atoms with E-state index in [1.165, 1.54) is 0 Å². The fourth-order valence-electron chi connectivity index (χ4n) is 1.96. The van der Waals surface area contributed by atoms with Crippen LogP contribution in [-0.4, -0.2) is 59.6 Å². The van der Waals surface area contributed by atoms with Gasteiger partial charge in [0, 0.05) is 31.7 Å². The van der Waals surface area contributed by atoms with Crippen molar-refractivity contribution in [2.75, 3.05) is 33.2 Å². The highest BCUT2D eigenvalue weighted by molar-refractivity contribution is 5.69. The molecule has 0 radical (unpaired) electrons. The number of hydrogen-bond donors (Lipinski definition) is 1. The molecule has 1 atom stereocenters. The van der Waals surface area contributed by atoms with Gasteiger partial charge in [-0.1, -0.05) is 6.92 Å². The smallest absolute Gasteiger partial charge is 0.307 e. The van der Waals surface area contributed by atoms with Crippen molar-refractivity contribution in [3.05, 3.63) is 0 Å². The van der Waals surface area contributed by atoms with Crippen molar-refractivity contribution in [1.82, 2.24) is 9.80 Å². The Bertz CT molecular complexity index is 241. The van der Waals surface area contributed by atoms with Crippen LogP contribution in [0.4, 0.5) is 0 Å². The molecule has 1 fully saturated rings. The summed E-state index contributed by atoms with van der Waals surface area (Å²) in [4.78, 5) is 15.3. The number of nitrogens with zero attached hydrogens (tertiary/aromatic N) is 2. The van der Waals surface area contributed by atoms with Gasteiger partial charge >= 0.3 is 5.97 Å². The van der Waals surface area contributed by atoms with Gasteiger partial charge in [-0.25, -0.2) is 0 Å². The lowest BCUT2D eigenvalue weighted by molar-refractivity contribution is -0.142. The number of carboxylic acid groups (broad SMARTS) is 1. The van der Waals surface area contributed by atoms with Crippen molar-refractivity contribution < 1.29 is 9.90 Å².